The fourth-order valence-corrected chi connectivity index (χ4v) is 1.72. The quantitative estimate of drug-likeness (QED) is 0.653. The molecule has 0 N–H and O–H groups in total. The number of hydrogen-bond donors (Lipinski definition) is 0. The van der Waals surface area contributed by atoms with E-state index in [1.54, 1.807) is 18.5 Å². The van der Waals surface area contributed by atoms with Crippen molar-refractivity contribution in [1.82, 2.24) is 9.55 Å². The van der Waals surface area contributed by atoms with Crippen LogP contribution < -0.4 is 5.56 Å². The third kappa shape index (κ3) is 1.44. The van der Waals surface area contributed by atoms with Gasteiger partial charge >= 0.3 is 0 Å². The summed E-state index contributed by atoms with van der Waals surface area (Å²) in [5.41, 5.74) is 4.70. The molecule has 3 heteroatoms. The standard InChI is InChI=1S/C12H14N2O/c1-7-5-10-11(6-8(7)2)14(4)12(15)9(3)13-10/h5-6H,1-4H3. The molecule has 0 unspecified atom stereocenters. The summed E-state index contributed by atoms with van der Waals surface area (Å²) in [5, 5.41) is 0. The molecule has 78 valence electrons. The van der Waals surface area contributed by atoms with Gasteiger partial charge in [0.15, 0.2) is 0 Å². The van der Waals surface area contributed by atoms with Crippen LogP contribution in [0.2, 0.25) is 0 Å². The average molecular weight is 202 g/mol. The summed E-state index contributed by atoms with van der Waals surface area (Å²) in [5.74, 6) is 0. The summed E-state index contributed by atoms with van der Waals surface area (Å²) in [7, 11) is 1.79. The van der Waals surface area contributed by atoms with Crippen LogP contribution in [-0.4, -0.2) is 9.55 Å². The minimum Gasteiger partial charge on any atom is -0.308 e. The Hall–Kier alpha value is -1.64. The molecule has 0 spiro atoms. The second-order valence-corrected chi connectivity index (χ2v) is 3.99. The van der Waals surface area contributed by atoms with E-state index >= 15 is 0 Å². The summed E-state index contributed by atoms with van der Waals surface area (Å²) >= 11 is 0. The van der Waals surface area contributed by atoms with Crippen LogP contribution >= 0.6 is 0 Å². The summed E-state index contributed by atoms with van der Waals surface area (Å²) < 4.78 is 1.66. The summed E-state index contributed by atoms with van der Waals surface area (Å²) in [6.45, 7) is 5.84. The lowest BCUT2D eigenvalue weighted by Gasteiger charge is -2.08. The van der Waals surface area contributed by atoms with Gasteiger partial charge in [0.2, 0.25) is 0 Å². The molecule has 0 fully saturated rings. The molecule has 3 nitrogen and oxygen atoms in total. The molecular weight excluding hydrogens is 188 g/mol. The Balaban J connectivity index is 3.00. The van der Waals surface area contributed by atoms with Crippen LogP contribution in [0.5, 0.6) is 0 Å². The topological polar surface area (TPSA) is 34.9 Å². The van der Waals surface area contributed by atoms with Gasteiger partial charge in [-0.1, -0.05) is 0 Å². The molecule has 15 heavy (non-hydrogen) atoms. The fourth-order valence-electron chi connectivity index (χ4n) is 1.72. The van der Waals surface area contributed by atoms with Crippen LogP contribution in [0, 0.1) is 20.8 Å². The van der Waals surface area contributed by atoms with Gasteiger partial charge in [-0.2, -0.15) is 0 Å². The van der Waals surface area contributed by atoms with Crippen molar-refractivity contribution in [1.29, 1.82) is 0 Å². The minimum absolute atomic E-state index is 0.0225. The number of rotatable bonds is 0. The van der Waals surface area contributed by atoms with Crippen molar-refractivity contribution in [2.75, 3.05) is 0 Å². The molecule has 0 atom stereocenters. The van der Waals surface area contributed by atoms with E-state index in [0.717, 1.165) is 11.0 Å². The van der Waals surface area contributed by atoms with E-state index in [0.29, 0.717) is 5.69 Å². The van der Waals surface area contributed by atoms with Crippen LogP contribution in [0.25, 0.3) is 11.0 Å². The highest BCUT2D eigenvalue weighted by atomic mass is 16.1. The van der Waals surface area contributed by atoms with Gasteiger partial charge in [0, 0.05) is 7.05 Å². The molecular formula is C12H14N2O. The van der Waals surface area contributed by atoms with Gasteiger partial charge in [-0.3, -0.25) is 4.79 Å². The Morgan fingerprint density at radius 1 is 1.13 bits per heavy atom. The van der Waals surface area contributed by atoms with Crippen molar-refractivity contribution in [3.63, 3.8) is 0 Å². The SMILES string of the molecule is Cc1cc2nc(C)c(=O)n(C)c2cc1C. The van der Waals surface area contributed by atoms with Crippen LogP contribution in [0.15, 0.2) is 16.9 Å². The molecule has 0 aliphatic carbocycles. The van der Waals surface area contributed by atoms with Crippen LogP contribution in [0.1, 0.15) is 16.8 Å². The Bertz CT molecular complexity index is 597. The van der Waals surface area contributed by atoms with E-state index in [4.69, 9.17) is 0 Å². The maximum absolute atomic E-state index is 11.7. The molecule has 1 aromatic carbocycles. The molecule has 0 aliphatic heterocycles. The molecule has 0 aliphatic rings. The van der Waals surface area contributed by atoms with Gasteiger partial charge in [0.1, 0.15) is 5.69 Å². The zero-order valence-electron chi connectivity index (χ0n) is 9.46. The summed E-state index contributed by atoms with van der Waals surface area (Å²) in [6.07, 6.45) is 0. The van der Waals surface area contributed by atoms with E-state index in [1.807, 2.05) is 19.1 Å². The molecule has 0 bridgehead atoms. The minimum atomic E-state index is -0.0225. The monoisotopic (exact) mass is 202 g/mol. The molecule has 1 aromatic heterocycles. The summed E-state index contributed by atoms with van der Waals surface area (Å²) in [4.78, 5) is 16.0. The maximum Gasteiger partial charge on any atom is 0.272 e. The second kappa shape index (κ2) is 3.19. The van der Waals surface area contributed by atoms with Gasteiger partial charge in [0.05, 0.1) is 11.0 Å². The third-order valence-electron chi connectivity index (χ3n) is 2.85. The van der Waals surface area contributed by atoms with Crippen molar-refractivity contribution in [3.8, 4) is 0 Å². The number of hydrogen-bond acceptors (Lipinski definition) is 2. The molecule has 2 aromatic rings. The number of nitrogens with zero attached hydrogens (tertiary/aromatic N) is 2. The van der Waals surface area contributed by atoms with Crippen LogP contribution in [-0.2, 0) is 7.05 Å². The van der Waals surface area contributed by atoms with E-state index in [9.17, 15) is 4.79 Å². The normalized spacial score (nSPS) is 10.9. The van der Waals surface area contributed by atoms with Crippen molar-refractivity contribution >= 4 is 11.0 Å². The van der Waals surface area contributed by atoms with E-state index in [2.05, 4.69) is 11.9 Å². The van der Waals surface area contributed by atoms with E-state index in [-0.39, 0.29) is 5.56 Å². The van der Waals surface area contributed by atoms with Crippen LogP contribution in [0.3, 0.4) is 0 Å². The number of aryl methyl sites for hydroxylation is 4. The van der Waals surface area contributed by atoms with Gasteiger partial charge in [-0.15, -0.1) is 0 Å². The lowest BCUT2D eigenvalue weighted by Crippen LogP contribution is -2.21. The number of aromatic nitrogens is 2. The van der Waals surface area contributed by atoms with E-state index in [1.165, 1.54) is 11.1 Å². The van der Waals surface area contributed by atoms with Gasteiger partial charge < -0.3 is 4.57 Å². The molecule has 2 rings (SSSR count). The zero-order chi connectivity index (χ0) is 11.2. The largest absolute Gasteiger partial charge is 0.308 e. The van der Waals surface area contributed by atoms with E-state index < -0.39 is 0 Å². The molecule has 0 radical (unpaired) electrons. The Kier molecular flexibility index (Phi) is 2.11. The van der Waals surface area contributed by atoms with Crippen molar-refractivity contribution in [2.24, 2.45) is 7.05 Å². The third-order valence-corrected chi connectivity index (χ3v) is 2.85. The highest BCUT2D eigenvalue weighted by Crippen LogP contribution is 2.15. The highest BCUT2D eigenvalue weighted by Gasteiger charge is 2.06. The first kappa shape index (κ1) is 9.90. The second-order valence-electron chi connectivity index (χ2n) is 3.99. The molecule has 1 heterocycles. The van der Waals surface area contributed by atoms with Gasteiger partial charge in [-0.25, -0.2) is 4.98 Å². The van der Waals surface area contributed by atoms with Gasteiger partial charge in [0.25, 0.3) is 5.56 Å². The molecule has 0 amide bonds. The lowest BCUT2D eigenvalue weighted by molar-refractivity contribution is 0.871. The number of fused-ring (bicyclic) bond motifs is 1. The Labute approximate surface area is 88.4 Å². The predicted octanol–water partition coefficient (Wildman–Crippen LogP) is 1.86. The van der Waals surface area contributed by atoms with Crippen molar-refractivity contribution in [2.45, 2.75) is 20.8 Å². The number of benzene rings is 1. The smallest absolute Gasteiger partial charge is 0.272 e. The first-order chi connectivity index (χ1) is 7.00. The molecule has 0 saturated heterocycles. The highest BCUT2D eigenvalue weighted by molar-refractivity contribution is 5.76. The van der Waals surface area contributed by atoms with Gasteiger partial charge in [-0.05, 0) is 44.0 Å². The summed E-state index contributed by atoms with van der Waals surface area (Å²) in [6, 6.07) is 4.04. The maximum atomic E-state index is 11.7. The van der Waals surface area contributed by atoms with Crippen molar-refractivity contribution in [3.05, 3.63) is 39.3 Å². The Morgan fingerprint density at radius 2 is 1.73 bits per heavy atom. The first-order valence-electron chi connectivity index (χ1n) is 4.95. The average Bonchev–Trinajstić information content (AvgIpc) is 2.19. The predicted molar refractivity (Wildman–Crippen MR) is 61.2 cm³/mol. The molecule has 0 saturated carbocycles. The zero-order valence-corrected chi connectivity index (χ0v) is 9.46. The van der Waals surface area contributed by atoms with Crippen molar-refractivity contribution < 1.29 is 0 Å². The Morgan fingerprint density at radius 3 is 2.40 bits per heavy atom. The first-order valence-corrected chi connectivity index (χ1v) is 4.95. The fraction of sp³-hybridized carbons (Fsp3) is 0.333. The van der Waals surface area contributed by atoms with Crippen LogP contribution in [0.4, 0.5) is 0 Å². The lowest BCUT2D eigenvalue weighted by atomic mass is 10.1.